The Morgan fingerprint density at radius 2 is 0.891 bits per heavy atom. The lowest BCUT2D eigenvalue weighted by Crippen LogP contribution is -2.02. The molecule has 0 aliphatic heterocycles. The molecule has 0 amide bonds. The highest BCUT2D eigenvalue weighted by Crippen LogP contribution is 2.41. The number of hydrogen-bond acceptors (Lipinski definition) is 2. The monoisotopic (exact) mass is 699 g/mol. The summed E-state index contributed by atoms with van der Waals surface area (Å²) in [4.78, 5) is 0. The zero-order chi connectivity index (χ0) is 36.6. The third kappa shape index (κ3) is 4.45. The van der Waals surface area contributed by atoms with E-state index in [2.05, 4.69) is 171 Å². The minimum atomic E-state index is 0.582. The maximum Gasteiger partial charge on any atom is 0.101 e. The molecule has 8 aromatic carbocycles. The van der Waals surface area contributed by atoms with Gasteiger partial charge in [0.25, 0.3) is 0 Å². The first-order valence-electron chi connectivity index (χ1n) is 18.3. The van der Waals surface area contributed by atoms with Gasteiger partial charge in [-0.05, 0) is 77.9 Å². The molecule has 0 saturated carbocycles. The average Bonchev–Trinajstić information content (AvgIpc) is 3.89. The molecule has 0 spiro atoms. The molecular formula is C50H29N5. The Morgan fingerprint density at radius 3 is 1.55 bits per heavy atom. The largest absolute Gasteiger partial charge is 0.309 e. The fourth-order valence-corrected chi connectivity index (χ4v) is 8.76. The van der Waals surface area contributed by atoms with Crippen molar-refractivity contribution in [1.82, 2.24) is 13.7 Å². The smallest absolute Gasteiger partial charge is 0.101 e. The highest BCUT2D eigenvalue weighted by atomic mass is 15.1. The number of nitrogens with zero attached hydrogens (tertiary/aromatic N) is 5. The van der Waals surface area contributed by atoms with Crippen LogP contribution in [0.1, 0.15) is 11.1 Å². The van der Waals surface area contributed by atoms with E-state index in [1.165, 1.54) is 10.8 Å². The van der Waals surface area contributed by atoms with Gasteiger partial charge in [0.05, 0.1) is 61.7 Å². The Morgan fingerprint density at radius 1 is 0.345 bits per heavy atom. The van der Waals surface area contributed by atoms with Crippen molar-refractivity contribution < 1.29 is 0 Å². The van der Waals surface area contributed by atoms with E-state index in [-0.39, 0.29) is 0 Å². The predicted octanol–water partition coefficient (Wildman–Crippen LogP) is 12.4. The normalized spacial score (nSPS) is 11.6. The topological polar surface area (TPSA) is 62.4 Å². The second-order valence-electron chi connectivity index (χ2n) is 14.0. The lowest BCUT2D eigenvalue weighted by molar-refractivity contribution is 1.12. The Kier molecular flexibility index (Phi) is 6.61. The highest BCUT2D eigenvalue weighted by molar-refractivity contribution is 6.15. The van der Waals surface area contributed by atoms with E-state index >= 15 is 0 Å². The third-order valence-electron chi connectivity index (χ3n) is 11.1. The summed E-state index contributed by atoms with van der Waals surface area (Å²) < 4.78 is 6.86. The Hall–Kier alpha value is -7.86. The number of rotatable bonds is 4. The Balaban J connectivity index is 1.13. The molecule has 0 unspecified atom stereocenters. The molecule has 0 aliphatic carbocycles. The van der Waals surface area contributed by atoms with Gasteiger partial charge in [-0.15, -0.1) is 0 Å². The van der Waals surface area contributed by atoms with Crippen LogP contribution in [0.5, 0.6) is 0 Å². The van der Waals surface area contributed by atoms with Gasteiger partial charge in [-0.25, -0.2) is 0 Å². The summed E-state index contributed by atoms with van der Waals surface area (Å²) in [5.41, 5.74) is 12.4. The van der Waals surface area contributed by atoms with Crippen molar-refractivity contribution in [2.45, 2.75) is 0 Å². The van der Waals surface area contributed by atoms with Crippen LogP contribution in [0.4, 0.5) is 0 Å². The molecule has 11 aromatic rings. The first-order valence-corrected chi connectivity index (χ1v) is 18.3. The molecule has 0 saturated heterocycles. The molecule has 0 bridgehead atoms. The number of para-hydroxylation sites is 5. The Labute approximate surface area is 316 Å². The summed E-state index contributed by atoms with van der Waals surface area (Å²) in [6, 6.07) is 65.9. The number of benzene rings is 8. The molecule has 3 aromatic heterocycles. The molecule has 5 nitrogen and oxygen atoms in total. The van der Waals surface area contributed by atoms with Gasteiger partial charge in [-0.1, -0.05) is 109 Å². The van der Waals surface area contributed by atoms with Crippen LogP contribution in [0.25, 0.3) is 93.6 Å². The van der Waals surface area contributed by atoms with E-state index in [1.54, 1.807) is 0 Å². The van der Waals surface area contributed by atoms with Gasteiger partial charge in [0.15, 0.2) is 0 Å². The Bertz CT molecular complexity index is 3420. The van der Waals surface area contributed by atoms with Gasteiger partial charge in [0, 0.05) is 38.0 Å². The molecular weight excluding hydrogens is 671 g/mol. The highest BCUT2D eigenvalue weighted by Gasteiger charge is 2.21. The molecule has 254 valence electrons. The molecule has 3 heterocycles. The van der Waals surface area contributed by atoms with Crippen LogP contribution in [0, 0.1) is 22.7 Å². The zero-order valence-electron chi connectivity index (χ0n) is 29.5. The van der Waals surface area contributed by atoms with E-state index in [4.69, 9.17) is 0 Å². The molecule has 0 aliphatic rings. The number of hydrogen-bond donors (Lipinski definition) is 0. The van der Waals surface area contributed by atoms with Crippen LogP contribution in [0.15, 0.2) is 176 Å². The van der Waals surface area contributed by atoms with Crippen molar-refractivity contribution in [3.63, 3.8) is 0 Å². The van der Waals surface area contributed by atoms with Crippen LogP contribution in [-0.2, 0) is 0 Å². The first-order chi connectivity index (χ1) is 27.2. The molecule has 0 N–H and O–H groups in total. The van der Waals surface area contributed by atoms with E-state index in [1.807, 2.05) is 30.3 Å². The maximum absolute atomic E-state index is 10.9. The van der Waals surface area contributed by atoms with Crippen molar-refractivity contribution in [2.24, 2.45) is 0 Å². The first kappa shape index (κ1) is 30.7. The SMILES string of the molecule is N#Cc1ccc2c3ccccc3n(-c3cccc(-c4ccc(-n5c6ccccc6c6cccc(-n7c8ccccc8c8ccccc87)c65)c(C#N)c4)c3)c2c1. The summed E-state index contributed by atoms with van der Waals surface area (Å²) in [6.07, 6.45) is 0. The van der Waals surface area contributed by atoms with Gasteiger partial charge in [0.1, 0.15) is 6.07 Å². The van der Waals surface area contributed by atoms with Crippen molar-refractivity contribution in [1.29, 1.82) is 10.5 Å². The maximum atomic E-state index is 10.9. The average molecular weight is 700 g/mol. The standard InChI is InChI=1S/C50H29N5/c51-30-32-23-25-41-39-15-1-5-18-44(39)53(49(41)27-32)36-12-9-11-33(29-36)34-24-26-43(35(28-34)31-52)55-47-21-8-4-16-40(47)42-17-10-22-48(50(42)55)54-45-19-6-2-13-37(45)38-14-3-7-20-46(38)54/h1-29H. The third-order valence-corrected chi connectivity index (χ3v) is 11.1. The molecule has 0 fully saturated rings. The van der Waals surface area contributed by atoms with Gasteiger partial charge in [0.2, 0.25) is 0 Å². The summed E-state index contributed by atoms with van der Waals surface area (Å²) in [5.74, 6) is 0. The van der Waals surface area contributed by atoms with E-state index < -0.39 is 0 Å². The van der Waals surface area contributed by atoms with E-state index in [9.17, 15) is 10.5 Å². The van der Waals surface area contributed by atoms with Crippen molar-refractivity contribution in [3.8, 4) is 40.3 Å². The molecule has 0 atom stereocenters. The van der Waals surface area contributed by atoms with Crippen molar-refractivity contribution >= 4 is 65.4 Å². The van der Waals surface area contributed by atoms with Crippen LogP contribution in [0.2, 0.25) is 0 Å². The summed E-state index contributed by atoms with van der Waals surface area (Å²) in [5, 5.41) is 27.5. The van der Waals surface area contributed by atoms with Crippen LogP contribution in [0.3, 0.4) is 0 Å². The molecule has 11 rings (SSSR count). The molecule has 0 radical (unpaired) electrons. The predicted molar refractivity (Wildman–Crippen MR) is 224 cm³/mol. The second kappa shape index (κ2) is 11.8. The lowest BCUT2D eigenvalue weighted by atomic mass is 10.0. The fourth-order valence-electron chi connectivity index (χ4n) is 8.76. The number of nitriles is 2. The number of fused-ring (bicyclic) bond motifs is 9. The van der Waals surface area contributed by atoms with Crippen LogP contribution in [-0.4, -0.2) is 13.7 Å². The van der Waals surface area contributed by atoms with Crippen LogP contribution < -0.4 is 0 Å². The summed E-state index contributed by atoms with van der Waals surface area (Å²) >= 11 is 0. The van der Waals surface area contributed by atoms with Crippen LogP contribution >= 0.6 is 0 Å². The van der Waals surface area contributed by atoms with E-state index in [0.29, 0.717) is 11.1 Å². The van der Waals surface area contributed by atoms with Gasteiger partial charge < -0.3 is 13.7 Å². The number of aromatic nitrogens is 3. The second-order valence-corrected chi connectivity index (χ2v) is 14.0. The van der Waals surface area contributed by atoms with E-state index in [0.717, 1.165) is 82.8 Å². The molecule has 5 heteroatoms. The van der Waals surface area contributed by atoms with Crippen molar-refractivity contribution in [2.75, 3.05) is 0 Å². The minimum absolute atomic E-state index is 0.582. The minimum Gasteiger partial charge on any atom is -0.309 e. The van der Waals surface area contributed by atoms with Crippen molar-refractivity contribution in [3.05, 3.63) is 187 Å². The quantitative estimate of drug-likeness (QED) is 0.184. The summed E-state index contributed by atoms with van der Waals surface area (Å²) in [6.45, 7) is 0. The van der Waals surface area contributed by atoms with Gasteiger partial charge in [-0.2, -0.15) is 10.5 Å². The lowest BCUT2D eigenvalue weighted by Gasteiger charge is -2.16. The van der Waals surface area contributed by atoms with Gasteiger partial charge in [-0.3, -0.25) is 0 Å². The molecule has 55 heavy (non-hydrogen) atoms. The summed E-state index contributed by atoms with van der Waals surface area (Å²) in [7, 11) is 0. The zero-order valence-corrected chi connectivity index (χ0v) is 29.5. The fraction of sp³-hybridized carbons (Fsp3) is 0. The van der Waals surface area contributed by atoms with Gasteiger partial charge >= 0.3 is 0 Å².